The Morgan fingerprint density at radius 1 is 1.08 bits per heavy atom. The van der Waals surface area contributed by atoms with E-state index < -0.39 is 0 Å². The number of hydrogen-bond donors (Lipinski definition) is 1. The first-order valence-electron chi connectivity index (χ1n) is 4.32. The van der Waals surface area contributed by atoms with Crippen molar-refractivity contribution >= 4 is 0 Å². The van der Waals surface area contributed by atoms with E-state index in [1.807, 2.05) is 26.0 Å². The molecule has 0 aliphatic rings. The van der Waals surface area contributed by atoms with E-state index in [4.69, 9.17) is 0 Å². The van der Waals surface area contributed by atoms with E-state index in [-0.39, 0.29) is 0 Å². The molecule has 1 aromatic carbocycles. The molecule has 0 unspecified atom stereocenters. The Bertz CT molecular complexity index is 264. The van der Waals surface area contributed by atoms with Crippen LogP contribution in [0.15, 0.2) is 12.1 Å². The van der Waals surface area contributed by atoms with Crippen LogP contribution in [0.5, 0.6) is 5.75 Å². The summed E-state index contributed by atoms with van der Waals surface area (Å²) in [6.07, 6.45) is 0. The average molecular weight is 164 g/mol. The Labute approximate surface area is 74.1 Å². The van der Waals surface area contributed by atoms with Crippen LogP contribution < -0.4 is 0 Å². The van der Waals surface area contributed by atoms with Crippen molar-refractivity contribution in [3.8, 4) is 5.75 Å². The summed E-state index contributed by atoms with van der Waals surface area (Å²) < 4.78 is 0. The van der Waals surface area contributed by atoms with Gasteiger partial charge in [-0.05, 0) is 48.6 Å². The quantitative estimate of drug-likeness (QED) is 0.676. The van der Waals surface area contributed by atoms with Crippen molar-refractivity contribution in [1.29, 1.82) is 0 Å². The van der Waals surface area contributed by atoms with Crippen LogP contribution in [0.4, 0.5) is 0 Å². The van der Waals surface area contributed by atoms with Crippen molar-refractivity contribution in [3.63, 3.8) is 0 Å². The van der Waals surface area contributed by atoms with Gasteiger partial charge in [0.2, 0.25) is 0 Å². The van der Waals surface area contributed by atoms with Gasteiger partial charge in [-0.25, -0.2) is 0 Å². The summed E-state index contributed by atoms with van der Waals surface area (Å²) in [5.74, 6) is 0.903. The van der Waals surface area contributed by atoms with E-state index in [0.29, 0.717) is 11.7 Å². The van der Waals surface area contributed by atoms with Gasteiger partial charge in [-0.1, -0.05) is 13.8 Å². The molecule has 0 bridgehead atoms. The predicted octanol–water partition coefficient (Wildman–Crippen LogP) is 3.13. The second-order valence-corrected chi connectivity index (χ2v) is 3.65. The van der Waals surface area contributed by atoms with Gasteiger partial charge < -0.3 is 5.11 Å². The minimum absolute atomic E-state index is 0.370. The molecule has 0 heterocycles. The number of benzene rings is 1. The first-order valence-corrected chi connectivity index (χ1v) is 4.32. The zero-order valence-electron chi connectivity index (χ0n) is 8.18. The van der Waals surface area contributed by atoms with Gasteiger partial charge in [-0.3, -0.25) is 0 Å². The van der Waals surface area contributed by atoms with Gasteiger partial charge in [0.1, 0.15) is 5.75 Å². The van der Waals surface area contributed by atoms with Crippen LogP contribution in [-0.2, 0) is 0 Å². The molecule has 0 aliphatic carbocycles. The molecule has 66 valence electrons. The summed E-state index contributed by atoms with van der Waals surface area (Å²) in [6, 6.07) is 3.64. The number of phenols is 1. The van der Waals surface area contributed by atoms with Gasteiger partial charge in [0.05, 0.1) is 0 Å². The maximum absolute atomic E-state index is 9.30. The average Bonchev–Trinajstić information content (AvgIpc) is 1.82. The molecule has 0 saturated heterocycles. The van der Waals surface area contributed by atoms with Crippen LogP contribution in [0.3, 0.4) is 0 Å². The molecule has 0 aromatic heterocycles. The standard InChI is InChI=1S/C11H16O/c1-7(2)11-8(3)5-10(12)6-9(11)4/h5-7,12H,1-4H3. The highest BCUT2D eigenvalue weighted by Crippen LogP contribution is 2.26. The number of aryl methyl sites for hydroxylation is 2. The summed E-state index contributed by atoms with van der Waals surface area (Å²) in [6.45, 7) is 8.43. The largest absolute Gasteiger partial charge is 0.508 e. The number of hydrogen-bond acceptors (Lipinski definition) is 1. The summed E-state index contributed by atoms with van der Waals surface area (Å²) in [7, 11) is 0. The Morgan fingerprint density at radius 3 is 1.83 bits per heavy atom. The van der Waals surface area contributed by atoms with Gasteiger partial charge in [-0.2, -0.15) is 0 Å². The lowest BCUT2D eigenvalue weighted by molar-refractivity contribution is 0.474. The van der Waals surface area contributed by atoms with Gasteiger partial charge in [0.15, 0.2) is 0 Å². The molecule has 0 aliphatic heterocycles. The lowest BCUT2D eigenvalue weighted by Crippen LogP contribution is -1.95. The van der Waals surface area contributed by atoms with E-state index in [2.05, 4.69) is 13.8 Å². The molecule has 1 N–H and O–H groups in total. The monoisotopic (exact) mass is 164 g/mol. The maximum atomic E-state index is 9.30. The van der Waals surface area contributed by atoms with Crippen molar-refractivity contribution in [2.45, 2.75) is 33.6 Å². The second-order valence-electron chi connectivity index (χ2n) is 3.65. The molecule has 1 heteroatoms. The van der Waals surface area contributed by atoms with Crippen LogP contribution >= 0.6 is 0 Å². The fraction of sp³-hybridized carbons (Fsp3) is 0.455. The molecule has 1 rings (SSSR count). The topological polar surface area (TPSA) is 20.2 Å². The van der Waals surface area contributed by atoms with E-state index in [1.54, 1.807) is 0 Å². The third-order valence-electron chi connectivity index (χ3n) is 2.16. The highest BCUT2D eigenvalue weighted by molar-refractivity contribution is 5.41. The minimum atomic E-state index is 0.370. The van der Waals surface area contributed by atoms with Crippen molar-refractivity contribution in [1.82, 2.24) is 0 Å². The van der Waals surface area contributed by atoms with E-state index in [9.17, 15) is 5.11 Å². The van der Waals surface area contributed by atoms with Gasteiger partial charge >= 0.3 is 0 Å². The molecule has 1 nitrogen and oxygen atoms in total. The minimum Gasteiger partial charge on any atom is -0.508 e. The van der Waals surface area contributed by atoms with E-state index in [1.165, 1.54) is 16.7 Å². The molecule has 0 radical (unpaired) electrons. The Balaban J connectivity index is 3.28. The third kappa shape index (κ3) is 1.60. The van der Waals surface area contributed by atoms with Crippen LogP contribution in [0, 0.1) is 13.8 Å². The normalized spacial score (nSPS) is 10.8. The van der Waals surface area contributed by atoms with Crippen LogP contribution in [-0.4, -0.2) is 5.11 Å². The van der Waals surface area contributed by atoms with Crippen molar-refractivity contribution < 1.29 is 5.11 Å². The zero-order valence-corrected chi connectivity index (χ0v) is 8.18. The van der Waals surface area contributed by atoms with Crippen molar-refractivity contribution in [2.75, 3.05) is 0 Å². The highest BCUT2D eigenvalue weighted by Gasteiger charge is 2.07. The molecule has 1 aromatic rings. The fourth-order valence-corrected chi connectivity index (χ4v) is 1.86. The first-order chi connectivity index (χ1) is 5.52. The lowest BCUT2D eigenvalue weighted by atomic mass is 9.93. The van der Waals surface area contributed by atoms with Gasteiger partial charge in [-0.15, -0.1) is 0 Å². The van der Waals surface area contributed by atoms with Gasteiger partial charge in [0, 0.05) is 0 Å². The van der Waals surface area contributed by atoms with Crippen molar-refractivity contribution in [2.24, 2.45) is 0 Å². The van der Waals surface area contributed by atoms with E-state index in [0.717, 1.165) is 0 Å². The zero-order chi connectivity index (χ0) is 9.30. The van der Waals surface area contributed by atoms with Crippen molar-refractivity contribution in [3.05, 3.63) is 28.8 Å². The SMILES string of the molecule is Cc1cc(O)cc(C)c1C(C)C. The fourth-order valence-electron chi connectivity index (χ4n) is 1.86. The Morgan fingerprint density at radius 2 is 1.50 bits per heavy atom. The Hall–Kier alpha value is -0.980. The lowest BCUT2D eigenvalue weighted by Gasteiger charge is -2.13. The number of rotatable bonds is 1. The summed E-state index contributed by atoms with van der Waals surface area (Å²) in [5.41, 5.74) is 3.72. The number of aromatic hydroxyl groups is 1. The summed E-state index contributed by atoms with van der Waals surface area (Å²) >= 11 is 0. The predicted molar refractivity (Wildman–Crippen MR) is 51.7 cm³/mol. The molecule has 12 heavy (non-hydrogen) atoms. The Kier molecular flexibility index (Phi) is 2.41. The molecule has 0 spiro atoms. The smallest absolute Gasteiger partial charge is 0.116 e. The van der Waals surface area contributed by atoms with Gasteiger partial charge in [0.25, 0.3) is 0 Å². The third-order valence-corrected chi connectivity index (χ3v) is 2.16. The second kappa shape index (κ2) is 3.18. The summed E-state index contributed by atoms with van der Waals surface area (Å²) in [4.78, 5) is 0. The molecular weight excluding hydrogens is 148 g/mol. The molecule has 0 amide bonds. The van der Waals surface area contributed by atoms with Crippen LogP contribution in [0.2, 0.25) is 0 Å². The first kappa shape index (κ1) is 9.11. The highest BCUT2D eigenvalue weighted by atomic mass is 16.3. The molecule has 0 fully saturated rings. The summed E-state index contributed by atoms with van der Waals surface area (Å²) in [5, 5.41) is 9.30. The molecule has 0 saturated carbocycles. The number of phenolic OH excluding ortho intramolecular Hbond substituents is 1. The molecular formula is C11H16O. The van der Waals surface area contributed by atoms with E-state index >= 15 is 0 Å². The molecule has 0 atom stereocenters. The van der Waals surface area contributed by atoms with Crippen LogP contribution in [0.25, 0.3) is 0 Å². The van der Waals surface area contributed by atoms with Crippen LogP contribution in [0.1, 0.15) is 36.5 Å². The maximum Gasteiger partial charge on any atom is 0.116 e.